The number of aliphatic hydroxyl groups is 1. The molecular weight excluding hydrogens is 235 g/mol. The van der Waals surface area contributed by atoms with Gasteiger partial charge in [0.15, 0.2) is 0 Å². The molecule has 0 bridgehead atoms. The van der Waals surface area contributed by atoms with E-state index in [2.05, 4.69) is 5.32 Å². The lowest BCUT2D eigenvalue weighted by Gasteiger charge is -2.12. The second kappa shape index (κ2) is 5.18. The van der Waals surface area contributed by atoms with Crippen LogP contribution in [-0.2, 0) is 11.4 Å². The summed E-state index contributed by atoms with van der Waals surface area (Å²) >= 11 is 0. The second-order valence-electron chi connectivity index (χ2n) is 3.60. The molecule has 1 amide bonds. The molecule has 0 aliphatic carbocycles. The molecule has 0 atom stereocenters. The zero-order valence-corrected chi connectivity index (χ0v) is 9.14. The summed E-state index contributed by atoms with van der Waals surface area (Å²) in [5, 5.41) is 11.2. The summed E-state index contributed by atoms with van der Waals surface area (Å²) in [7, 11) is 0. The molecule has 0 saturated carbocycles. The summed E-state index contributed by atoms with van der Waals surface area (Å²) in [4.78, 5) is 11.1. The number of anilines is 1. The Bertz CT molecular complexity index is 416. The van der Waals surface area contributed by atoms with E-state index in [4.69, 9.17) is 5.11 Å². The van der Waals surface area contributed by atoms with Crippen LogP contribution in [0.2, 0.25) is 0 Å². The number of nitrogens with one attached hydrogen (secondary N) is 1. The minimum Gasteiger partial charge on any atom is -0.392 e. The molecule has 6 heteroatoms. The van der Waals surface area contributed by atoms with Crippen molar-refractivity contribution in [2.24, 2.45) is 0 Å². The number of amides is 1. The van der Waals surface area contributed by atoms with Crippen molar-refractivity contribution in [1.82, 2.24) is 0 Å². The van der Waals surface area contributed by atoms with Crippen LogP contribution in [0.3, 0.4) is 0 Å². The molecular formula is C11H12F3NO2. The second-order valence-corrected chi connectivity index (χ2v) is 3.60. The molecule has 1 aromatic rings. The predicted octanol–water partition coefficient (Wildman–Crippen LogP) is 2.38. The van der Waals surface area contributed by atoms with Gasteiger partial charge in [0.25, 0.3) is 0 Å². The minimum absolute atomic E-state index is 0.210. The van der Waals surface area contributed by atoms with Gasteiger partial charge in [0.05, 0.1) is 6.61 Å². The SMILES string of the molecule is Cc1cccc(NC(=O)CC(F)(F)F)c1CO. The molecule has 2 N–H and O–H groups in total. The van der Waals surface area contributed by atoms with Crippen molar-refractivity contribution >= 4 is 11.6 Å². The molecule has 0 aliphatic rings. The molecule has 0 aromatic heterocycles. The van der Waals surface area contributed by atoms with E-state index in [1.165, 1.54) is 6.07 Å². The number of benzene rings is 1. The average Bonchev–Trinajstić information content (AvgIpc) is 2.14. The molecule has 0 heterocycles. The molecule has 94 valence electrons. The van der Waals surface area contributed by atoms with Crippen molar-refractivity contribution in [2.75, 3.05) is 5.32 Å². The lowest BCUT2D eigenvalue weighted by atomic mass is 10.1. The van der Waals surface area contributed by atoms with Gasteiger partial charge in [0, 0.05) is 11.3 Å². The average molecular weight is 247 g/mol. The van der Waals surface area contributed by atoms with Crippen LogP contribution in [0, 0.1) is 6.92 Å². The Kier molecular flexibility index (Phi) is 4.11. The molecule has 0 aliphatic heterocycles. The lowest BCUT2D eigenvalue weighted by Crippen LogP contribution is -2.21. The van der Waals surface area contributed by atoms with Crippen LogP contribution >= 0.6 is 0 Å². The van der Waals surface area contributed by atoms with Crippen molar-refractivity contribution in [2.45, 2.75) is 26.1 Å². The summed E-state index contributed by atoms with van der Waals surface area (Å²) in [5.41, 5.74) is 1.34. The number of halogens is 3. The van der Waals surface area contributed by atoms with Gasteiger partial charge in [0.1, 0.15) is 6.42 Å². The van der Waals surface area contributed by atoms with Gasteiger partial charge in [-0.1, -0.05) is 12.1 Å². The molecule has 0 spiro atoms. The summed E-state index contributed by atoms with van der Waals surface area (Å²) in [6.45, 7) is 1.36. The van der Waals surface area contributed by atoms with Gasteiger partial charge in [-0.15, -0.1) is 0 Å². The molecule has 0 saturated heterocycles. The first-order valence-corrected chi connectivity index (χ1v) is 4.89. The van der Waals surface area contributed by atoms with E-state index in [1.54, 1.807) is 19.1 Å². The monoisotopic (exact) mass is 247 g/mol. The standard InChI is InChI=1S/C11H12F3NO2/c1-7-3-2-4-9(8(7)6-16)15-10(17)5-11(12,13)14/h2-4,16H,5-6H2,1H3,(H,15,17). The summed E-state index contributed by atoms with van der Waals surface area (Å²) < 4.78 is 35.9. The van der Waals surface area contributed by atoms with E-state index in [-0.39, 0.29) is 12.3 Å². The third-order valence-electron chi connectivity index (χ3n) is 2.20. The van der Waals surface area contributed by atoms with Crippen molar-refractivity contribution in [3.8, 4) is 0 Å². The Morgan fingerprint density at radius 3 is 2.59 bits per heavy atom. The van der Waals surface area contributed by atoms with Gasteiger partial charge in [0.2, 0.25) is 5.91 Å². The van der Waals surface area contributed by atoms with E-state index in [0.717, 1.165) is 0 Å². The Morgan fingerprint density at radius 1 is 1.41 bits per heavy atom. The van der Waals surface area contributed by atoms with Gasteiger partial charge in [-0.2, -0.15) is 13.2 Å². The van der Waals surface area contributed by atoms with Gasteiger partial charge < -0.3 is 10.4 Å². The van der Waals surface area contributed by atoms with Crippen molar-refractivity contribution in [3.63, 3.8) is 0 Å². The zero-order valence-electron chi connectivity index (χ0n) is 9.14. The number of aryl methyl sites for hydroxylation is 1. The molecule has 1 rings (SSSR count). The first-order chi connectivity index (χ1) is 7.83. The fraction of sp³-hybridized carbons (Fsp3) is 0.364. The Morgan fingerprint density at radius 2 is 2.06 bits per heavy atom. The van der Waals surface area contributed by atoms with Crippen molar-refractivity contribution in [3.05, 3.63) is 29.3 Å². The molecule has 0 radical (unpaired) electrons. The van der Waals surface area contributed by atoms with Crippen LogP contribution in [0.1, 0.15) is 17.5 Å². The third-order valence-corrected chi connectivity index (χ3v) is 2.20. The fourth-order valence-corrected chi connectivity index (χ4v) is 1.41. The molecule has 1 aromatic carbocycles. The van der Waals surface area contributed by atoms with E-state index >= 15 is 0 Å². The maximum Gasteiger partial charge on any atom is 0.397 e. The Balaban J connectivity index is 2.82. The van der Waals surface area contributed by atoms with Crippen LogP contribution in [0.5, 0.6) is 0 Å². The van der Waals surface area contributed by atoms with Crippen molar-refractivity contribution in [1.29, 1.82) is 0 Å². The van der Waals surface area contributed by atoms with E-state index in [9.17, 15) is 18.0 Å². The topological polar surface area (TPSA) is 49.3 Å². The molecule has 3 nitrogen and oxygen atoms in total. The molecule has 0 fully saturated rings. The van der Waals surface area contributed by atoms with Crippen LogP contribution in [0.25, 0.3) is 0 Å². The summed E-state index contributed by atoms with van der Waals surface area (Å²) in [6, 6.07) is 4.75. The highest BCUT2D eigenvalue weighted by Crippen LogP contribution is 2.23. The zero-order chi connectivity index (χ0) is 13.1. The third kappa shape index (κ3) is 4.07. The highest BCUT2D eigenvalue weighted by Gasteiger charge is 2.31. The van der Waals surface area contributed by atoms with Crippen LogP contribution in [0.15, 0.2) is 18.2 Å². The van der Waals surface area contributed by atoms with E-state index in [1.807, 2.05) is 0 Å². The van der Waals surface area contributed by atoms with Crippen LogP contribution < -0.4 is 5.32 Å². The summed E-state index contributed by atoms with van der Waals surface area (Å²) in [6.07, 6.45) is -6.07. The van der Waals surface area contributed by atoms with Crippen LogP contribution in [0.4, 0.5) is 18.9 Å². The number of rotatable bonds is 3. The number of hydrogen-bond donors (Lipinski definition) is 2. The Labute approximate surface area is 96.3 Å². The number of alkyl halides is 3. The predicted molar refractivity (Wildman–Crippen MR) is 56.4 cm³/mol. The van der Waals surface area contributed by atoms with Gasteiger partial charge in [-0.05, 0) is 18.6 Å². The van der Waals surface area contributed by atoms with Crippen LogP contribution in [-0.4, -0.2) is 17.2 Å². The minimum atomic E-state index is -4.53. The number of carbonyl (C=O) groups excluding carboxylic acids is 1. The number of aliphatic hydroxyl groups excluding tert-OH is 1. The Hall–Kier alpha value is -1.56. The fourth-order valence-electron chi connectivity index (χ4n) is 1.41. The first kappa shape index (κ1) is 13.5. The van der Waals surface area contributed by atoms with E-state index < -0.39 is 18.5 Å². The summed E-state index contributed by atoms with van der Waals surface area (Å²) in [5.74, 6) is -1.14. The molecule has 17 heavy (non-hydrogen) atoms. The highest BCUT2D eigenvalue weighted by molar-refractivity contribution is 5.92. The van der Waals surface area contributed by atoms with Gasteiger partial charge in [-0.3, -0.25) is 4.79 Å². The smallest absolute Gasteiger partial charge is 0.392 e. The molecule has 0 unspecified atom stereocenters. The van der Waals surface area contributed by atoms with E-state index in [0.29, 0.717) is 11.1 Å². The maximum atomic E-state index is 12.0. The highest BCUT2D eigenvalue weighted by atomic mass is 19.4. The van der Waals surface area contributed by atoms with Gasteiger partial charge in [-0.25, -0.2) is 0 Å². The van der Waals surface area contributed by atoms with Crippen molar-refractivity contribution < 1.29 is 23.1 Å². The largest absolute Gasteiger partial charge is 0.397 e. The number of hydrogen-bond acceptors (Lipinski definition) is 2. The quantitative estimate of drug-likeness (QED) is 0.861. The van der Waals surface area contributed by atoms with Gasteiger partial charge >= 0.3 is 6.18 Å². The first-order valence-electron chi connectivity index (χ1n) is 4.89. The normalized spacial score (nSPS) is 11.4. The maximum absolute atomic E-state index is 12.0. The number of carbonyl (C=O) groups is 1. The lowest BCUT2D eigenvalue weighted by molar-refractivity contribution is -0.150.